The molecular formula is C20H21FN2O. The van der Waals surface area contributed by atoms with Crippen molar-refractivity contribution in [1.82, 2.24) is 0 Å². The van der Waals surface area contributed by atoms with Gasteiger partial charge in [-0.1, -0.05) is 19.9 Å². The Balaban J connectivity index is 1.86. The summed E-state index contributed by atoms with van der Waals surface area (Å²) in [7, 11) is 0. The molecule has 0 aromatic heterocycles. The number of nitriles is 2. The smallest absolute Gasteiger partial charge is 0.138 e. The van der Waals surface area contributed by atoms with Crippen LogP contribution < -0.4 is 4.74 Å². The monoisotopic (exact) mass is 324 g/mol. The van der Waals surface area contributed by atoms with Crippen molar-refractivity contribution in [2.24, 2.45) is 10.8 Å². The second-order valence-electron chi connectivity index (χ2n) is 7.25. The topological polar surface area (TPSA) is 56.8 Å². The summed E-state index contributed by atoms with van der Waals surface area (Å²) in [4.78, 5) is 0. The van der Waals surface area contributed by atoms with Gasteiger partial charge in [0, 0.05) is 10.8 Å². The molecule has 1 fully saturated rings. The van der Waals surface area contributed by atoms with Gasteiger partial charge in [-0.25, -0.2) is 4.39 Å². The van der Waals surface area contributed by atoms with Crippen LogP contribution in [-0.4, -0.2) is 6.61 Å². The SMILES string of the molecule is CCc1ccc(OCC23C=C(F)C(C)(CC2)CC3)c(C#N)c1C#N. The van der Waals surface area contributed by atoms with Crippen LogP contribution >= 0.6 is 0 Å². The third-order valence-electron chi connectivity index (χ3n) is 5.73. The van der Waals surface area contributed by atoms with Gasteiger partial charge in [0.05, 0.1) is 12.2 Å². The molecule has 3 nitrogen and oxygen atoms in total. The van der Waals surface area contributed by atoms with Crippen molar-refractivity contribution in [3.05, 3.63) is 40.7 Å². The van der Waals surface area contributed by atoms with Gasteiger partial charge >= 0.3 is 0 Å². The number of fused-ring (bicyclic) bond motifs is 2. The van der Waals surface area contributed by atoms with E-state index in [4.69, 9.17) is 4.74 Å². The molecule has 24 heavy (non-hydrogen) atoms. The van der Waals surface area contributed by atoms with E-state index >= 15 is 0 Å². The number of aryl methyl sites for hydroxylation is 1. The first-order valence-corrected chi connectivity index (χ1v) is 8.45. The fraction of sp³-hybridized carbons (Fsp3) is 0.500. The lowest BCUT2D eigenvalue weighted by Crippen LogP contribution is -2.41. The molecule has 0 aliphatic heterocycles. The minimum absolute atomic E-state index is 0.0249. The number of hydrogen-bond donors (Lipinski definition) is 0. The highest BCUT2D eigenvalue weighted by Gasteiger charge is 2.47. The van der Waals surface area contributed by atoms with E-state index in [1.165, 1.54) is 0 Å². The second kappa shape index (κ2) is 5.95. The lowest BCUT2D eigenvalue weighted by Gasteiger charge is -2.48. The Kier molecular flexibility index (Phi) is 4.10. The molecule has 0 saturated heterocycles. The Hall–Kier alpha value is -2.33. The lowest BCUT2D eigenvalue weighted by molar-refractivity contribution is 0.0565. The number of nitrogens with zero attached hydrogens (tertiary/aromatic N) is 2. The van der Waals surface area contributed by atoms with E-state index in [1.54, 1.807) is 12.1 Å². The fourth-order valence-electron chi connectivity index (χ4n) is 3.81. The molecule has 0 spiro atoms. The van der Waals surface area contributed by atoms with Crippen molar-refractivity contribution in [2.75, 3.05) is 6.61 Å². The van der Waals surface area contributed by atoms with Gasteiger partial charge in [-0.2, -0.15) is 10.5 Å². The Morgan fingerprint density at radius 2 is 1.79 bits per heavy atom. The molecule has 3 aliphatic carbocycles. The molecule has 0 radical (unpaired) electrons. The van der Waals surface area contributed by atoms with Crippen LogP contribution in [0, 0.1) is 33.5 Å². The van der Waals surface area contributed by atoms with Crippen molar-refractivity contribution < 1.29 is 9.13 Å². The minimum Gasteiger partial charge on any atom is -0.491 e. The van der Waals surface area contributed by atoms with Gasteiger partial charge < -0.3 is 4.74 Å². The molecule has 1 saturated carbocycles. The number of rotatable bonds is 4. The predicted octanol–water partition coefficient (Wildman–Crippen LogP) is 4.80. The van der Waals surface area contributed by atoms with Crippen LogP contribution in [0.15, 0.2) is 24.0 Å². The standard InChI is InChI=1S/C20H21FN2O/c1-3-14-4-5-17(16(12-23)15(14)11-22)24-13-20-8-6-19(2,7-9-20)18(21)10-20/h4-5,10H,3,6-9,13H2,1-2H3. The molecule has 1 aromatic rings. The van der Waals surface area contributed by atoms with E-state index < -0.39 is 0 Å². The molecule has 2 bridgehead atoms. The molecule has 0 unspecified atom stereocenters. The number of hydrogen-bond acceptors (Lipinski definition) is 3. The number of ether oxygens (including phenoxy) is 1. The normalized spacial score (nSPS) is 28.0. The van der Waals surface area contributed by atoms with Crippen molar-refractivity contribution in [3.63, 3.8) is 0 Å². The van der Waals surface area contributed by atoms with Crippen LogP contribution in [0.5, 0.6) is 5.75 Å². The molecule has 0 N–H and O–H groups in total. The zero-order valence-electron chi connectivity index (χ0n) is 14.2. The van der Waals surface area contributed by atoms with Gasteiger partial charge in [0.15, 0.2) is 0 Å². The van der Waals surface area contributed by atoms with Crippen molar-refractivity contribution in [1.29, 1.82) is 10.5 Å². The maximum atomic E-state index is 14.3. The summed E-state index contributed by atoms with van der Waals surface area (Å²) < 4.78 is 20.2. The van der Waals surface area contributed by atoms with E-state index in [0.717, 1.165) is 31.2 Å². The highest BCUT2D eigenvalue weighted by molar-refractivity contribution is 5.57. The zero-order valence-corrected chi connectivity index (χ0v) is 14.2. The van der Waals surface area contributed by atoms with E-state index in [-0.39, 0.29) is 22.2 Å². The van der Waals surface area contributed by atoms with E-state index in [1.807, 2.05) is 19.9 Å². The summed E-state index contributed by atoms with van der Waals surface area (Å²) in [5.74, 6) is 0.400. The Morgan fingerprint density at radius 1 is 1.12 bits per heavy atom. The van der Waals surface area contributed by atoms with Crippen LogP contribution in [0.4, 0.5) is 4.39 Å². The Labute approximate surface area is 142 Å². The van der Waals surface area contributed by atoms with Gasteiger partial charge in [-0.05, 0) is 49.8 Å². The summed E-state index contributed by atoms with van der Waals surface area (Å²) in [6.07, 6.45) is 5.89. The summed E-state index contributed by atoms with van der Waals surface area (Å²) in [6, 6.07) is 7.80. The highest BCUT2D eigenvalue weighted by atomic mass is 19.1. The van der Waals surface area contributed by atoms with E-state index in [9.17, 15) is 14.9 Å². The van der Waals surface area contributed by atoms with E-state index in [0.29, 0.717) is 24.3 Å². The molecule has 1 aromatic carbocycles. The van der Waals surface area contributed by atoms with Gasteiger partial charge in [-0.3, -0.25) is 0 Å². The van der Waals surface area contributed by atoms with Crippen LogP contribution in [0.25, 0.3) is 0 Å². The Morgan fingerprint density at radius 3 is 2.33 bits per heavy atom. The first kappa shape index (κ1) is 16.5. The molecule has 0 atom stereocenters. The van der Waals surface area contributed by atoms with Crippen molar-refractivity contribution in [2.45, 2.75) is 46.0 Å². The molecule has 4 rings (SSSR count). The first-order valence-electron chi connectivity index (χ1n) is 8.45. The summed E-state index contributed by atoms with van der Waals surface area (Å²) in [6.45, 7) is 4.28. The average molecular weight is 324 g/mol. The molecule has 4 heteroatoms. The van der Waals surface area contributed by atoms with Gasteiger partial charge in [0.25, 0.3) is 0 Å². The van der Waals surface area contributed by atoms with E-state index in [2.05, 4.69) is 12.1 Å². The third kappa shape index (κ3) is 2.57. The predicted molar refractivity (Wildman–Crippen MR) is 88.9 cm³/mol. The van der Waals surface area contributed by atoms with Gasteiger partial charge in [0.2, 0.25) is 0 Å². The van der Waals surface area contributed by atoms with Gasteiger partial charge in [-0.15, -0.1) is 0 Å². The van der Waals surface area contributed by atoms with Gasteiger partial charge in [0.1, 0.15) is 29.3 Å². The fourth-order valence-corrected chi connectivity index (χ4v) is 3.81. The molecule has 0 heterocycles. The van der Waals surface area contributed by atoms with Crippen LogP contribution in [-0.2, 0) is 6.42 Å². The highest BCUT2D eigenvalue weighted by Crippen LogP contribution is 2.56. The first-order chi connectivity index (χ1) is 11.5. The van der Waals surface area contributed by atoms with Crippen molar-refractivity contribution >= 4 is 0 Å². The molecule has 0 amide bonds. The number of benzene rings is 1. The van der Waals surface area contributed by atoms with Crippen LogP contribution in [0.2, 0.25) is 0 Å². The largest absolute Gasteiger partial charge is 0.491 e. The quantitative estimate of drug-likeness (QED) is 0.799. The second-order valence-corrected chi connectivity index (χ2v) is 7.25. The van der Waals surface area contributed by atoms with Crippen LogP contribution in [0.1, 0.15) is 56.2 Å². The minimum atomic E-state index is -0.295. The van der Waals surface area contributed by atoms with Crippen LogP contribution in [0.3, 0.4) is 0 Å². The summed E-state index contributed by atoms with van der Waals surface area (Å²) in [5, 5.41) is 18.8. The zero-order chi connectivity index (χ0) is 17.4. The molecule has 124 valence electrons. The number of halogens is 1. The molecule has 3 aliphatic rings. The lowest BCUT2D eigenvalue weighted by atomic mass is 9.58. The van der Waals surface area contributed by atoms with Crippen molar-refractivity contribution in [3.8, 4) is 17.9 Å². The maximum Gasteiger partial charge on any atom is 0.138 e. The third-order valence-corrected chi connectivity index (χ3v) is 5.73. The maximum absolute atomic E-state index is 14.3. The molecular weight excluding hydrogens is 303 g/mol. The number of allylic oxidation sites excluding steroid dienone is 1. The Bertz CT molecular complexity index is 774. The average Bonchev–Trinajstić information content (AvgIpc) is 2.60. The summed E-state index contributed by atoms with van der Waals surface area (Å²) in [5.41, 5.74) is 0.934. The summed E-state index contributed by atoms with van der Waals surface area (Å²) >= 11 is 0.